The fourth-order valence-corrected chi connectivity index (χ4v) is 7.89. The number of carbonyl (C=O) groups is 1. The lowest BCUT2D eigenvalue weighted by Gasteiger charge is -2.72. The molecule has 2 N–H and O–H groups in total. The van der Waals surface area contributed by atoms with Gasteiger partial charge in [0.05, 0.1) is 17.0 Å². The van der Waals surface area contributed by atoms with Gasteiger partial charge < -0.3 is 10.6 Å². The van der Waals surface area contributed by atoms with Gasteiger partial charge in [0, 0.05) is 22.5 Å². The Morgan fingerprint density at radius 3 is 2.20 bits per heavy atom. The van der Waals surface area contributed by atoms with Gasteiger partial charge in [-0.15, -0.1) is 0 Å². The second-order valence-corrected chi connectivity index (χ2v) is 13.9. The first-order valence-corrected chi connectivity index (χ1v) is 14.6. The number of amides is 1. The van der Waals surface area contributed by atoms with Crippen LogP contribution in [0, 0.1) is 5.41 Å². The molecule has 0 unspecified atom stereocenters. The van der Waals surface area contributed by atoms with Crippen LogP contribution in [0.5, 0.6) is 0 Å². The maximum Gasteiger partial charge on any atom is 0.455 e. The van der Waals surface area contributed by atoms with Gasteiger partial charge in [-0.05, 0) is 62.9 Å². The first kappa shape index (κ1) is 29.7. The van der Waals surface area contributed by atoms with Crippen molar-refractivity contribution in [1.82, 2.24) is 14.9 Å². The Morgan fingerprint density at radius 2 is 1.63 bits per heavy atom. The number of hydrogen-bond acceptors (Lipinski definition) is 5. The molecule has 2 aromatic carbocycles. The molecular formula is C27H28ClF5N4O3S. The van der Waals surface area contributed by atoms with Gasteiger partial charge in [-0.25, -0.2) is 8.42 Å². The highest BCUT2D eigenvalue weighted by Crippen LogP contribution is 2.71. The van der Waals surface area contributed by atoms with E-state index in [4.69, 9.17) is 11.6 Å². The van der Waals surface area contributed by atoms with Crippen LogP contribution in [0.1, 0.15) is 38.7 Å². The van der Waals surface area contributed by atoms with E-state index in [1.165, 1.54) is 16.4 Å². The summed E-state index contributed by atoms with van der Waals surface area (Å²) in [4.78, 5) is 17.4. The summed E-state index contributed by atoms with van der Waals surface area (Å²) in [6.45, 7) is 1.37. The highest BCUT2D eigenvalue weighted by atomic mass is 35.5. The van der Waals surface area contributed by atoms with Crippen molar-refractivity contribution < 1.29 is 35.2 Å². The Balaban J connectivity index is 1.33. The van der Waals surface area contributed by atoms with E-state index < -0.39 is 57.1 Å². The molecule has 1 amide bonds. The molecule has 41 heavy (non-hydrogen) atoms. The lowest BCUT2D eigenvalue weighted by molar-refractivity contribution is -0.278. The van der Waals surface area contributed by atoms with Gasteiger partial charge >= 0.3 is 12.1 Å². The predicted molar refractivity (Wildman–Crippen MR) is 142 cm³/mol. The minimum atomic E-state index is -5.79. The molecule has 4 aliphatic rings. The number of halogens is 6. The monoisotopic (exact) mass is 618 g/mol. The summed E-state index contributed by atoms with van der Waals surface area (Å²) in [5, 5.41) is 5.17. The third-order valence-electron chi connectivity index (χ3n) is 8.15. The van der Waals surface area contributed by atoms with Gasteiger partial charge in [0.15, 0.2) is 0 Å². The second kappa shape index (κ2) is 9.63. The quantitative estimate of drug-likeness (QED) is 0.391. The van der Waals surface area contributed by atoms with E-state index in [1.54, 1.807) is 61.6 Å². The number of benzene rings is 2. The summed E-state index contributed by atoms with van der Waals surface area (Å²) in [6, 6.07) is 13.8. The van der Waals surface area contributed by atoms with E-state index in [0.29, 0.717) is 30.1 Å². The number of alkyl halides is 5. The maximum atomic E-state index is 13.8. The zero-order valence-corrected chi connectivity index (χ0v) is 23.7. The Labute approximate surface area is 239 Å². The Kier molecular flexibility index (Phi) is 6.98. The molecule has 1 atom stereocenters. The van der Waals surface area contributed by atoms with Gasteiger partial charge in [0.1, 0.15) is 11.9 Å². The standard InChI is InChI=1S/C27H28ClF5N4O3S/c1-23(2)20(21(38)34-16-26(29,30)27(31,32)33)35-22(36-23)24-13-25(14-24,15-24)37(12-17-8-10-18(28)11-9-17)41(39,40)19-6-4-3-5-7-19/h3-11,20H,12-16H2,1-2H3,(H,34,38)(H,35,36)/t20-,24?,25?/m0/s1. The molecule has 0 saturated heterocycles. The molecule has 1 aliphatic heterocycles. The summed E-state index contributed by atoms with van der Waals surface area (Å²) in [5.74, 6) is -5.68. The van der Waals surface area contributed by atoms with Crippen molar-refractivity contribution in [2.45, 2.75) is 73.8 Å². The SMILES string of the molecule is CC1(C)N=C(C23CC(N(Cc4ccc(Cl)cc4)S(=O)(=O)c4ccccc4)(C2)C3)N[C@H]1C(=O)NCC(F)(F)C(F)(F)F. The van der Waals surface area contributed by atoms with Gasteiger partial charge in [-0.3, -0.25) is 9.79 Å². The average Bonchev–Trinajstić information content (AvgIpc) is 3.16. The highest BCUT2D eigenvalue weighted by Gasteiger charge is 2.75. The summed E-state index contributed by atoms with van der Waals surface area (Å²) in [6.07, 6.45) is -4.58. The highest BCUT2D eigenvalue weighted by molar-refractivity contribution is 7.89. The van der Waals surface area contributed by atoms with E-state index in [-0.39, 0.29) is 11.4 Å². The number of nitrogens with zero attached hydrogens (tertiary/aromatic N) is 2. The van der Waals surface area contributed by atoms with Crippen LogP contribution in [-0.4, -0.2) is 60.2 Å². The number of sulfonamides is 1. The normalized spacial score (nSPS) is 27.0. The van der Waals surface area contributed by atoms with Crippen molar-refractivity contribution in [3.8, 4) is 0 Å². The van der Waals surface area contributed by atoms with Gasteiger partial charge in [-0.1, -0.05) is 41.9 Å². The van der Waals surface area contributed by atoms with Crippen molar-refractivity contribution in [2.75, 3.05) is 6.54 Å². The Hall–Kier alpha value is -2.77. The molecule has 3 fully saturated rings. The number of nitrogens with one attached hydrogen (secondary N) is 2. The van der Waals surface area contributed by atoms with Crippen LogP contribution in [0.4, 0.5) is 22.0 Å². The molecule has 2 aromatic rings. The van der Waals surface area contributed by atoms with Crippen LogP contribution < -0.4 is 10.6 Å². The van der Waals surface area contributed by atoms with Gasteiger partial charge in [0.2, 0.25) is 15.9 Å². The fraction of sp³-hybridized carbons (Fsp3) is 0.481. The van der Waals surface area contributed by atoms with Crippen molar-refractivity contribution in [3.63, 3.8) is 0 Å². The maximum absolute atomic E-state index is 13.8. The third-order valence-corrected chi connectivity index (χ3v) is 10.4. The lowest BCUT2D eigenvalue weighted by Crippen LogP contribution is -2.78. The van der Waals surface area contributed by atoms with E-state index in [1.807, 2.05) is 0 Å². The molecule has 2 bridgehead atoms. The number of rotatable bonds is 9. The van der Waals surface area contributed by atoms with Crippen LogP contribution in [-0.2, 0) is 21.4 Å². The Bertz CT molecular complexity index is 1460. The summed E-state index contributed by atoms with van der Waals surface area (Å²) in [5.41, 5.74) is -1.66. The van der Waals surface area contributed by atoms with E-state index in [2.05, 4.69) is 10.3 Å². The molecule has 1 heterocycles. The van der Waals surface area contributed by atoms with Gasteiger partial charge in [-0.2, -0.15) is 26.3 Å². The van der Waals surface area contributed by atoms with Crippen molar-refractivity contribution in [2.24, 2.45) is 10.4 Å². The first-order valence-electron chi connectivity index (χ1n) is 12.8. The fourth-order valence-electron chi connectivity index (χ4n) is 5.99. The van der Waals surface area contributed by atoms with Crippen LogP contribution in [0.25, 0.3) is 0 Å². The first-order chi connectivity index (χ1) is 18.9. The molecule has 3 saturated carbocycles. The van der Waals surface area contributed by atoms with Crippen molar-refractivity contribution in [1.29, 1.82) is 0 Å². The van der Waals surface area contributed by atoms with E-state index in [9.17, 15) is 35.2 Å². The number of carbonyl (C=O) groups excluding carboxylic acids is 1. The topological polar surface area (TPSA) is 90.9 Å². The predicted octanol–water partition coefficient (Wildman–Crippen LogP) is 4.92. The molecule has 0 radical (unpaired) electrons. The third kappa shape index (κ3) is 5.10. The number of hydrogen-bond donors (Lipinski definition) is 2. The van der Waals surface area contributed by atoms with Gasteiger partial charge in [0.25, 0.3) is 0 Å². The average molecular weight is 619 g/mol. The zero-order valence-electron chi connectivity index (χ0n) is 22.1. The minimum Gasteiger partial charge on any atom is -0.360 e. The second-order valence-electron chi connectivity index (χ2n) is 11.6. The molecule has 222 valence electrons. The van der Waals surface area contributed by atoms with Crippen molar-refractivity contribution >= 4 is 33.4 Å². The summed E-state index contributed by atoms with van der Waals surface area (Å²) >= 11 is 6.01. The molecule has 3 aliphatic carbocycles. The summed E-state index contributed by atoms with van der Waals surface area (Å²) < 4.78 is 93.5. The number of aliphatic imine (C=N–C) groups is 1. The van der Waals surface area contributed by atoms with E-state index in [0.717, 1.165) is 5.56 Å². The summed E-state index contributed by atoms with van der Waals surface area (Å²) in [7, 11) is -3.91. The smallest absolute Gasteiger partial charge is 0.360 e. The Morgan fingerprint density at radius 1 is 1.05 bits per heavy atom. The molecule has 0 aromatic heterocycles. The van der Waals surface area contributed by atoms with Crippen molar-refractivity contribution in [3.05, 3.63) is 65.2 Å². The lowest BCUT2D eigenvalue weighted by atomic mass is 9.38. The van der Waals surface area contributed by atoms with Crippen LogP contribution in [0.3, 0.4) is 0 Å². The molecule has 7 nitrogen and oxygen atoms in total. The molecule has 6 rings (SSSR count). The largest absolute Gasteiger partial charge is 0.455 e. The molecular weight excluding hydrogens is 591 g/mol. The van der Waals surface area contributed by atoms with Crippen LogP contribution in [0.15, 0.2) is 64.5 Å². The van der Waals surface area contributed by atoms with Crippen LogP contribution >= 0.6 is 11.6 Å². The van der Waals surface area contributed by atoms with E-state index >= 15 is 0 Å². The zero-order chi connectivity index (χ0) is 30.1. The minimum absolute atomic E-state index is 0.105. The molecule has 0 spiro atoms. The molecule has 14 heteroatoms. The number of amidine groups is 1. The van der Waals surface area contributed by atoms with Crippen LogP contribution in [0.2, 0.25) is 5.02 Å².